The zero-order valence-corrected chi connectivity index (χ0v) is 9.28. The third-order valence-electron chi connectivity index (χ3n) is 3.57. The highest BCUT2D eigenvalue weighted by atomic mass is 19.1. The molecule has 1 unspecified atom stereocenters. The molecule has 1 fully saturated rings. The summed E-state index contributed by atoms with van der Waals surface area (Å²) in [7, 11) is 0. The van der Waals surface area contributed by atoms with Crippen molar-refractivity contribution in [1.82, 2.24) is 4.90 Å². The van der Waals surface area contributed by atoms with E-state index in [9.17, 15) is 14.0 Å². The van der Waals surface area contributed by atoms with Gasteiger partial charge in [-0.2, -0.15) is 0 Å². The molecule has 0 spiro atoms. The number of carbonyl (C=O) groups is 2. The topological polar surface area (TPSA) is 37.4 Å². The molecule has 0 bridgehead atoms. The third kappa shape index (κ3) is 1.47. The molecule has 1 aromatic rings. The SMILES string of the molecule is O=C1CCC(=O)N2CCc3c(F)cccc3C12. The predicted octanol–water partition coefficient (Wildman–Crippen LogP) is 1.61. The van der Waals surface area contributed by atoms with Crippen molar-refractivity contribution in [2.24, 2.45) is 0 Å². The lowest BCUT2D eigenvalue weighted by Gasteiger charge is -2.39. The largest absolute Gasteiger partial charge is 0.328 e. The average Bonchev–Trinajstić information content (AvgIpc) is 2.33. The Bertz CT molecular complexity index is 512. The number of benzene rings is 1. The molecular weight excluding hydrogens is 221 g/mol. The normalized spacial score (nSPS) is 23.4. The predicted molar refractivity (Wildman–Crippen MR) is 58.8 cm³/mol. The van der Waals surface area contributed by atoms with Crippen molar-refractivity contribution < 1.29 is 14.0 Å². The second-order valence-corrected chi connectivity index (χ2v) is 4.51. The van der Waals surface area contributed by atoms with Gasteiger partial charge in [-0.1, -0.05) is 12.1 Å². The Hall–Kier alpha value is -1.71. The van der Waals surface area contributed by atoms with Crippen LogP contribution in [0.3, 0.4) is 0 Å². The Morgan fingerprint density at radius 1 is 1.18 bits per heavy atom. The molecule has 2 heterocycles. The zero-order chi connectivity index (χ0) is 12.0. The lowest BCUT2D eigenvalue weighted by molar-refractivity contribution is -0.146. The van der Waals surface area contributed by atoms with Crippen molar-refractivity contribution in [1.29, 1.82) is 0 Å². The van der Waals surface area contributed by atoms with E-state index in [0.717, 1.165) is 0 Å². The molecular formula is C13H12FNO2. The van der Waals surface area contributed by atoms with E-state index < -0.39 is 6.04 Å². The summed E-state index contributed by atoms with van der Waals surface area (Å²) in [5, 5.41) is 0. The molecule has 3 rings (SSSR count). The maximum atomic E-state index is 13.6. The van der Waals surface area contributed by atoms with Crippen LogP contribution in [0.1, 0.15) is 30.0 Å². The number of hydrogen-bond donors (Lipinski definition) is 0. The molecule has 0 saturated carbocycles. The molecule has 1 atom stereocenters. The Kier molecular flexibility index (Phi) is 2.24. The summed E-state index contributed by atoms with van der Waals surface area (Å²) in [6, 6.07) is 4.22. The molecule has 2 aliphatic rings. The van der Waals surface area contributed by atoms with Crippen LogP contribution in [0.15, 0.2) is 18.2 Å². The van der Waals surface area contributed by atoms with Crippen LogP contribution in [0.25, 0.3) is 0 Å². The van der Waals surface area contributed by atoms with Crippen LogP contribution in [-0.4, -0.2) is 23.1 Å². The van der Waals surface area contributed by atoms with Gasteiger partial charge in [-0.3, -0.25) is 9.59 Å². The van der Waals surface area contributed by atoms with Crippen molar-refractivity contribution in [2.45, 2.75) is 25.3 Å². The summed E-state index contributed by atoms with van der Waals surface area (Å²) in [6.45, 7) is 0.448. The molecule has 1 saturated heterocycles. The van der Waals surface area contributed by atoms with E-state index in [1.54, 1.807) is 17.0 Å². The number of fused-ring (bicyclic) bond motifs is 3. The number of ketones is 1. The fraction of sp³-hybridized carbons (Fsp3) is 0.385. The molecule has 88 valence electrons. The van der Waals surface area contributed by atoms with E-state index in [2.05, 4.69) is 0 Å². The monoisotopic (exact) mass is 233 g/mol. The fourth-order valence-electron chi connectivity index (χ4n) is 2.75. The van der Waals surface area contributed by atoms with E-state index in [1.807, 2.05) is 0 Å². The van der Waals surface area contributed by atoms with Crippen LogP contribution >= 0.6 is 0 Å². The summed E-state index contributed by atoms with van der Waals surface area (Å²) in [5.74, 6) is -0.242. The number of hydrogen-bond acceptors (Lipinski definition) is 2. The van der Waals surface area contributed by atoms with Gasteiger partial charge in [0.25, 0.3) is 0 Å². The quantitative estimate of drug-likeness (QED) is 0.682. The van der Waals surface area contributed by atoms with Gasteiger partial charge in [-0.05, 0) is 23.6 Å². The summed E-state index contributed by atoms with van der Waals surface area (Å²) in [6.07, 6.45) is 1.06. The van der Waals surface area contributed by atoms with E-state index in [0.29, 0.717) is 30.5 Å². The molecule has 1 amide bonds. The minimum absolute atomic E-state index is 0.00418. The van der Waals surface area contributed by atoms with Crippen LogP contribution in [0, 0.1) is 5.82 Å². The number of carbonyl (C=O) groups excluding carboxylic acids is 2. The first-order valence-corrected chi connectivity index (χ1v) is 5.78. The van der Waals surface area contributed by atoms with Gasteiger partial charge in [0.05, 0.1) is 0 Å². The zero-order valence-electron chi connectivity index (χ0n) is 9.28. The summed E-state index contributed by atoms with van der Waals surface area (Å²) in [4.78, 5) is 25.3. The number of halogens is 1. The van der Waals surface area contributed by atoms with Crippen LogP contribution in [0.5, 0.6) is 0 Å². The van der Waals surface area contributed by atoms with Crippen LogP contribution in [0.4, 0.5) is 4.39 Å². The van der Waals surface area contributed by atoms with Gasteiger partial charge in [-0.25, -0.2) is 4.39 Å². The Labute approximate surface area is 98.2 Å². The van der Waals surface area contributed by atoms with E-state index in [4.69, 9.17) is 0 Å². The maximum absolute atomic E-state index is 13.6. The molecule has 0 N–H and O–H groups in total. The van der Waals surface area contributed by atoms with Gasteiger partial charge in [0.1, 0.15) is 11.9 Å². The van der Waals surface area contributed by atoms with Gasteiger partial charge < -0.3 is 4.90 Å². The van der Waals surface area contributed by atoms with Gasteiger partial charge >= 0.3 is 0 Å². The second-order valence-electron chi connectivity index (χ2n) is 4.51. The molecule has 1 aromatic carbocycles. The Morgan fingerprint density at radius 2 is 2.00 bits per heavy atom. The summed E-state index contributed by atoms with van der Waals surface area (Å²) >= 11 is 0. The average molecular weight is 233 g/mol. The fourth-order valence-corrected chi connectivity index (χ4v) is 2.75. The van der Waals surface area contributed by atoms with E-state index in [-0.39, 0.29) is 23.9 Å². The smallest absolute Gasteiger partial charge is 0.223 e. The third-order valence-corrected chi connectivity index (χ3v) is 3.57. The van der Waals surface area contributed by atoms with Crippen molar-refractivity contribution in [3.05, 3.63) is 35.1 Å². The maximum Gasteiger partial charge on any atom is 0.223 e. The summed E-state index contributed by atoms with van der Waals surface area (Å²) < 4.78 is 13.6. The second kappa shape index (κ2) is 3.65. The van der Waals surface area contributed by atoms with Crippen LogP contribution in [-0.2, 0) is 16.0 Å². The minimum atomic E-state index is -0.546. The van der Waals surface area contributed by atoms with E-state index >= 15 is 0 Å². The molecule has 2 aliphatic heterocycles. The van der Waals surface area contributed by atoms with Gasteiger partial charge in [-0.15, -0.1) is 0 Å². The molecule has 4 heteroatoms. The Balaban J connectivity index is 2.12. The molecule has 0 aromatic heterocycles. The highest BCUT2D eigenvalue weighted by molar-refractivity contribution is 5.96. The van der Waals surface area contributed by atoms with Crippen LogP contribution < -0.4 is 0 Å². The van der Waals surface area contributed by atoms with Crippen molar-refractivity contribution in [3.8, 4) is 0 Å². The van der Waals surface area contributed by atoms with Gasteiger partial charge in [0.2, 0.25) is 5.91 Å². The lowest BCUT2D eigenvalue weighted by atomic mass is 9.85. The molecule has 0 radical (unpaired) electrons. The highest BCUT2D eigenvalue weighted by Crippen LogP contribution is 2.35. The first-order chi connectivity index (χ1) is 8.18. The first kappa shape index (κ1) is 10.4. The number of piperidine rings is 1. The van der Waals surface area contributed by atoms with Gasteiger partial charge in [0, 0.05) is 19.4 Å². The number of Topliss-reactive ketones (excluding diaryl/α,β-unsaturated/α-hetero) is 1. The Morgan fingerprint density at radius 3 is 2.82 bits per heavy atom. The number of amides is 1. The number of nitrogens with zero attached hydrogens (tertiary/aromatic N) is 1. The van der Waals surface area contributed by atoms with E-state index in [1.165, 1.54) is 6.07 Å². The van der Waals surface area contributed by atoms with Crippen molar-refractivity contribution >= 4 is 11.7 Å². The molecule has 17 heavy (non-hydrogen) atoms. The first-order valence-electron chi connectivity index (χ1n) is 5.78. The van der Waals surface area contributed by atoms with Crippen molar-refractivity contribution in [3.63, 3.8) is 0 Å². The standard InChI is InChI=1S/C13H12FNO2/c14-10-3-1-2-9-8(10)6-7-15-12(17)5-4-11(16)13(9)15/h1-3,13H,4-7H2. The lowest BCUT2D eigenvalue weighted by Crippen LogP contribution is -2.47. The summed E-state index contributed by atoms with van der Waals surface area (Å²) in [5.41, 5.74) is 1.27. The minimum Gasteiger partial charge on any atom is -0.328 e. The highest BCUT2D eigenvalue weighted by Gasteiger charge is 2.39. The van der Waals surface area contributed by atoms with Gasteiger partial charge in [0.15, 0.2) is 5.78 Å². The van der Waals surface area contributed by atoms with Crippen molar-refractivity contribution in [2.75, 3.05) is 6.54 Å². The molecule has 0 aliphatic carbocycles. The van der Waals surface area contributed by atoms with Crippen LogP contribution in [0.2, 0.25) is 0 Å². The molecule has 3 nitrogen and oxygen atoms in total. The number of rotatable bonds is 0.